The van der Waals surface area contributed by atoms with Crippen molar-refractivity contribution < 1.29 is 0 Å². The first-order valence-corrected chi connectivity index (χ1v) is 5.41. The second kappa shape index (κ2) is 7.62. The van der Waals surface area contributed by atoms with Gasteiger partial charge >= 0.3 is 0 Å². The van der Waals surface area contributed by atoms with E-state index in [0.717, 1.165) is 31.8 Å². The standard InChI is InChI=1S/C10H24N4/c1-5-7-8-12-10(13-11)14(4)9(3)6-2/h9H,5-8,11H2,1-4H3,(H,12,13). The van der Waals surface area contributed by atoms with Gasteiger partial charge in [-0.1, -0.05) is 20.3 Å². The zero-order valence-electron chi connectivity index (χ0n) is 9.88. The Balaban J connectivity index is 4.16. The fourth-order valence-corrected chi connectivity index (χ4v) is 1.08. The van der Waals surface area contributed by atoms with E-state index in [9.17, 15) is 0 Å². The molecular weight excluding hydrogens is 176 g/mol. The van der Waals surface area contributed by atoms with Crippen LogP contribution in [-0.4, -0.2) is 30.5 Å². The van der Waals surface area contributed by atoms with Crippen LogP contribution in [0.4, 0.5) is 0 Å². The molecule has 0 aliphatic carbocycles. The van der Waals surface area contributed by atoms with Crippen LogP contribution >= 0.6 is 0 Å². The molecule has 14 heavy (non-hydrogen) atoms. The average molecular weight is 200 g/mol. The number of hydrogen-bond acceptors (Lipinski definition) is 2. The highest BCUT2D eigenvalue weighted by atomic mass is 15.4. The lowest BCUT2D eigenvalue weighted by molar-refractivity contribution is 0.367. The molecule has 0 aromatic heterocycles. The molecule has 84 valence electrons. The molecule has 0 amide bonds. The van der Waals surface area contributed by atoms with Crippen molar-refractivity contribution in [1.82, 2.24) is 10.3 Å². The molecule has 0 bridgehead atoms. The van der Waals surface area contributed by atoms with E-state index in [0.29, 0.717) is 6.04 Å². The third-order valence-corrected chi connectivity index (χ3v) is 2.49. The third-order valence-electron chi connectivity index (χ3n) is 2.49. The topological polar surface area (TPSA) is 53.6 Å². The van der Waals surface area contributed by atoms with E-state index in [1.807, 2.05) is 7.05 Å². The Hall–Kier alpha value is -0.770. The molecule has 4 heteroatoms. The SMILES string of the molecule is CCCCN=C(NN)N(C)C(C)CC. The fraction of sp³-hybridized carbons (Fsp3) is 0.900. The van der Waals surface area contributed by atoms with Crippen LogP contribution in [0.5, 0.6) is 0 Å². The molecule has 0 aromatic rings. The van der Waals surface area contributed by atoms with E-state index in [4.69, 9.17) is 5.84 Å². The summed E-state index contributed by atoms with van der Waals surface area (Å²) in [7, 11) is 2.01. The predicted octanol–water partition coefficient (Wildman–Crippen LogP) is 1.34. The molecule has 0 saturated heterocycles. The van der Waals surface area contributed by atoms with Gasteiger partial charge in [-0.05, 0) is 19.8 Å². The molecule has 4 nitrogen and oxygen atoms in total. The molecular formula is C10H24N4. The highest BCUT2D eigenvalue weighted by Gasteiger charge is 2.10. The Morgan fingerprint density at radius 3 is 2.57 bits per heavy atom. The lowest BCUT2D eigenvalue weighted by Gasteiger charge is -2.26. The van der Waals surface area contributed by atoms with Crippen LogP contribution in [0.1, 0.15) is 40.0 Å². The Labute approximate surface area is 87.5 Å². The first-order valence-electron chi connectivity index (χ1n) is 5.41. The summed E-state index contributed by atoms with van der Waals surface area (Å²) >= 11 is 0. The second-order valence-corrected chi connectivity index (χ2v) is 3.57. The van der Waals surface area contributed by atoms with Crippen LogP contribution < -0.4 is 11.3 Å². The minimum Gasteiger partial charge on any atom is -0.342 e. The highest BCUT2D eigenvalue weighted by Crippen LogP contribution is 2.00. The van der Waals surface area contributed by atoms with Gasteiger partial charge in [0.05, 0.1) is 0 Å². The molecule has 0 fully saturated rings. The van der Waals surface area contributed by atoms with Crippen molar-refractivity contribution >= 4 is 5.96 Å². The fourth-order valence-electron chi connectivity index (χ4n) is 1.08. The lowest BCUT2D eigenvalue weighted by atomic mass is 10.2. The molecule has 0 heterocycles. The summed E-state index contributed by atoms with van der Waals surface area (Å²) in [4.78, 5) is 6.49. The van der Waals surface area contributed by atoms with Crippen LogP contribution in [0.15, 0.2) is 4.99 Å². The van der Waals surface area contributed by atoms with Crippen LogP contribution in [0.2, 0.25) is 0 Å². The number of hydrazine groups is 1. The Kier molecular flexibility index (Phi) is 7.20. The number of nitrogens with one attached hydrogen (secondary N) is 1. The zero-order valence-corrected chi connectivity index (χ0v) is 9.88. The van der Waals surface area contributed by atoms with E-state index >= 15 is 0 Å². The number of nitrogens with zero attached hydrogens (tertiary/aromatic N) is 2. The number of unbranched alkanes of at least 4 members (excludes halogenated alkanes) is 1. The Bertz CT molecular complexity index is 168. The molecule has 0 spiro atoms. The van der Waals surface area contributed by atoms with Gasteiger partial charge in [0.2, 0.25) is 5.96 Å². The van der Waals surface area contributed by atoms with E-state index < -0.39 is 0 Å². The molecule has 0 saturated carbocycles. The summed E-state index contributed by atoms with van der Waals surface area (Å²) in [5.41, 5.74) is 2.65. The number of hydrogen-bond donors (Lipinski definition) is 2. The summed E-state index contributed by atoms with van der Waals surface area (Å²) in [6.45, 7) is 7.31. The van der Waals surface area contributed by atoms with Gasteiger partial charge in [0.1, 0.15) is 0 Å². The van der Waals surface area contributed by atoms with Gasteiger partial charge in [-0.3, -0.25) is 10.4 Å². The molecule has 0 aliphatic rings. The molecule has 0 aromatic carbocycles. The number of aliphatic imine (C=N–C) groups is 1. The van der Waals surface area contributed by atoms with Gasteiger partial charge in [-0.25, -0.2) is 5.84 Å². The van der Waals surface area contributed by atoms with Crippen LogP contribution in [0.25, 0.3) is 0 Å². The van der Waals surface area contributed by atoms with Crippen molar-refractivity contribution in [2.45, 2.75) is 46.1 Å². The van der Waals surface area contributed by atoms with Gasteiger partial charge < -0.3 is 4.90 Å². The van der Waals surface area contributed by atoms with E-state index in [1.54, 1.807) is 0 Å². The van der Waals surface area contributed by atoms with Crippen molar-refractivity contribution in [1.29, 1.82) is 0 Å². The summed E-state index contributed by atoms with van der Waals surface area (Å²) in [5, 5.41) is 0. The van der Waals surface area contributed by atoms with Crippen LogP contribution in [0, 0.1) is 0 Å². The van der Waals surface area contributed by atoms with Gasteiger partial charge in [-0.2, -0.15) is 0 Å². The van der Waals surface area contributed by atoms with Gasteiger partial charge in [0, 0.05) is 19.6 Å². The maximum atomic E-state index is 5.43. The number of nitrogens with two attached hydrogens (primary N) is 1. The average Bonchev–Trinajstić information content (AvgIpc) is 2.22. The molecule has 0 aliphatic heterocycles. The van der Waals surface area contributed by atoms with E-state index in [1.165, 1.54) is 0 Å². The molecule has 0 rings (SSSR count). The second-order valence-electron chi connectivity index (χ2n) is 3.57. The molecule has 1 atom stereocenters. The quantitative estimate of drug-likeness (QED) is 0.231. The molecule has 1 unspecified atom stereocenters. The summed E-state index contributed by atoms with van der Waals surface area (Å²) in [6.07, 6.45) is 3.36. The van der Waals surface area contributed by atoms with Gasteiger partial charge in [-0.15, -0.1) is 0 Å². The van der Waals surface area contributed by atoms with E-state index in [2.05, 4.69) is 36.1 Å². The summed E-state index contributed by atoms with van der Waals surface area (Å²) in [6, 6.07) is 0.464. The number of rotatable bonds is 5. The first-order chi connectivity index (χ1) is 6.67. The van der Waals surface area contributed by atoms with Crippen molar-refractivity contribution in [3.05, 3.63) is 0 Å². The maximum absolute atomic E-state index is 5.43. The Morgan fingerprint density at radius 2 is 2.14 bits per heavy atom. The van der Waals surface area contributed by atoms with Crippen LogP contribution in [-0.2, 0) is 0 Å². The van der Waals surface area contributed by atoms with E-state index in [-0.39, 0.29) is 0 Å². The normalized spacial score (nSPS) is 13.9. The third kappa shape index (κ3) is 4.46. The van der Waals surface area contributed by atoms with Crippen molar-refractivity contribution in [3.63, 3.8) is 0 Å². The number of guanidine groups is 1. The zero-order chi connectivity index (χ0) is 11.0. The van der Waals surface area contributed by atoms with Crippen molar-refractivity contribution in [2.75, 3.05) is 13.6 Å². The smallest absolute Gasteiger partial charge is 0.208 e. The lowest BCUT2D eigenvalue weighted by Crippen LogP contribution is -2.46. The molecule has 3 N–H and O–H groups in total. The Morgan fingerprint density at radius 1 is 1.50 bits per heavy atom. The highest BCUT2D eigenvalue weighted by molar-refractivity contribution is 5.79. The summed E-state index contributed by atoms with van der Waals surface area (Å²) in [5.74, 6) is 6.21. The monoisotopic (exact) mass is 200 g/mol. The van der Waals surface area contributed by atoms with Crippen LogP contribution in [0.3, 0.4) is 0 Å². The van der Waals surface area contributed by atoms with Gasteiger partial charge in [0.25, 0.3) is 0 Å². The minimum absolute atomic E-state index is 0.464. The van der Waals surface area contributed by atoms with Crippen molar-refractivity contribution in [3.8, 4) is 0 Å². The van der Waals surface area contributed by atoms with Crippen molar-refractivity contribution in [2.24, 2.45) is 10.8 Å². The molecule has 0 radical (unpaired) electrons. The predicted molar refractivity (Wildman–Crippen MR) is 62.0 cm³/mol. The first kappa shape index (κ1) is 13.2. The largest absolute Gasteiger partial charge is 0.342 e. The van der Waals surface area contributed by atoms with Gasteiger partial charge in [0.15, 0.2) is 0 Å². The maximum Gasteiger partial charge on any atom is 0.208 e. The summed E-state index contributed by atoms with van der Waals surface area (Å²) < 4.78 is 0. The minimum atomic E-state index is 0.464.